The second-order valence-corrected chi connectivity index (χ2v) is 59.3. The van der Waals surface area contributed by atoms with Gasteiger partial charge in [-0.3, -0.25) is 4.98 Å². The summed E-state index contributed by atoms with van der Waals surface area (Å²) in [5.41, 5.74) is 26.1. The van der Waals surface area contributed by atoms with Gasteiger partial charge in [0.2, 0.25) is 5.71 Å². The molecule has 23 heteroatoms. The van der Waals surface area contributed by atoms with Gasteiger partial charge in [0.05, 0.1) is 60.3 Å². The summed E-state index contributed by atoms with van der Waals surface area (Å²) in [5.74, 6) is 0. The minimum atomic E-state index is -1.40. The Labute approximate surface area is 930 Å². The average molecular weight is 2720 g/mol. The van der Waals surface area contributed by atoms with Gasteiger partial charge >= 0.3 is 0 Å². The second-order valence-electron chi connectivity index (χ2n) is 39.0. The van der Waals surface area contributed by atoms with Crippen molar-refractivity contribution >= 4 is 141 Å². The molecular weight excluding hydrogens is 2610 g/mol. The van der Waals surface area contributed by atoms with Gasteiger partial charge in [0.25, 0.3) is 0 Å². The summed E-state index contributed by atoms with van der Waals surface area (Å²) in [6.45, 7) is 36.2. The number of nitrogens with zero attached hydrogens (tertiary/aromatic N) is 11. The van der Waals surface area contributed by atoms with E-state index in [2.05, 4.69) is 252 Å². The van der Waals surface area contributed by atoms with Gasteiger partial charge in [-0.15, -0.1) is 198 Å². The number of aromatic nitrogens is 11. The van der Waals surface area contributed by atoms with Crippen molar-refractivity contribution in [2.24, 2.45) is 0 Å². The molecule has 0 unspecified atom stereocenters. The van der Waals surface area contributed by atoms with Gasteiger partial charge < -0.3 is 62.5 Å². The van der Waals surface area contributed by atoms with Crippen molar-refractivity contribution in [3.05, 3.63) is 443 Å². The van der Waals surface area contributed by atoms with Gasteiger partial charge in [0.1, 0.15) is 16.7 Å². The Morgan fingerprint density at radius 2 is 0.624 bits per heavy atom. The van der Waals surface area contributed by atoms with Crippen LogP contribution in [0.3, 0.4) is 0 Å². The number of aryl methyl sites for hydroxylation is 4. The molecule has 754 valence electrons. The normalized spacial score (nSPS) is 11.0. The maximum atomic E-state index is 6.20. The zero-order chi connectivity index (χ0) is 101. The molecule has 15 nitrogen and oxygen atoms in total. The van der Waals surface area contributed by atoms with Gasteiger partial charge in [-0.2, -0.15) is 0 Å². The number of hydrogen-bond donors (Lipinski definition) is 0. The number of benzene rings is 9. The molecule has 15 heterocycles. The van der Waals surface area contributed by atoms with Crippen molar-refractivity contribution in [2.45, 2.75) is 113 Å². The Balaban J connectivity index is 0.000000144. The molecule has 0 aliphatic rings. The molecule has 0 aliphatic heterocycles. The van der Waals surface area contributed by atoms with Crippen LogP contribution in [0.2, 0.25) is 78.6 Å². The molecule has 4 radical (unpaired) electrons. The third-order valence-electron chi connectivity index (χ3n) is 24.4. The molecule has 15 aromatic heterocycles. The van der Waals surface area contributed by atoms with E-state index in [4.69, 9.17) is 27.6 Å². The largest absolute Gasteiger partial charge is 0.501 e. The fourth-order valence-corrected chi connectivity index (χ4v) is 21.4. The monoisotopic (exact) mass is 2730 g/mol. The van der Waals surface area contributed by atoms with Crippen LogP contribution < -0.4 is 20.7 Å². The fourth-order valence-electron chi connectivity index (χ4n) is 16.6. The molecular formula is C126H111Ir4N11O4Si4-8. The van der Waals surface area contributed by atoms with Crippen LogP contribution in [0.4, 0.5) is 0 Å². The van der Waals surface area contributed by atoms with Crippen molar-refractivity contribution < 1.29 is 98.1 Å². The predicted molar refractivity (Wildman–Crippen MR) is 606 cm³/mol. The SMILES string of the molecule is CCc1cc(-c2[c-]ccc3c2oc2ccccc23)ncc1[Si](C)(C)C.C[Si](C)(C)c1ccc(-c2[c-]ncc3c2oc2ccccc23)nc1.Cc1cc2c(oc3c(-c4ccc([Si](C)(C)C)cn4)[c-]ccc32)c(C)n1.Cc1ccc2c(n1)oc1c(-c3ccc([Si](C)(C)C)cn3)[c-]ccc12.[Ir].[Ir].[Ir].[Ir].[c-]1ccccc1-c1ccccn1.[c-]1ccccc1-c1ccccn1.[c-]1ccccc1-c1ccccn1.[c-]1ccccc1-c1ccccn1. The maximum Gasteiger partial charge on any atom is 0.216 e. The molecule has 0 atom stereocenters. The van der Waals surface area contributed by atoms with Crippen molar-refractivity contribution in [1.29, 1.82) is 0 Å². The van der Waals surface area contributed by atoms with Crippen LogP contribution in [0, 0.1) is 69.4 Å². The number of hydrogen-bond acceptors (Lipinski definition) is 15. The third-order valence-corrected chi connectivity index (χ3v) is 32.6. The molecule has 24 aromatic rings. The van der Waals surface area contributed by atoms with Gasteiger partial charge in [-0.1, -0.05) is 257 Å². The molecule has 0 saturated carbocycles. The minimum Gasteiger partial charge on any atom is -0.501 e. The summed E-state index contributed by atoms with van der Waals surface area (Å²) in [5, 5.41) is 14.1. The first kappa shape index (κ1) is 112. The molecule has 0 fully saturated rings. The number of fused-ring (bicyclic) bond motifs is 12. The number of pyridine rings is 11. The van der Waals surface area contributed by atoms with E-state index in [1.54, 1.807) is 31.0 Å². The van der Waals surface area contributed by atoms with Gasteiger partial charge in [0.15, 0.2) is 0 Å². The van der Waals surface area contributed by atoms with Crippen LogP contribution in [0.25, 0.3) is 178 Å². The molecule has 0 aliphatic carbocycles. The smallest absolute Gasteiger partial charge is 0.216 e. The molecule has 0 bridgehead atoms. The second kappa shape index (κ2) is 51.5. The first-order valence-corrected chi connectivity index (χ1v) is 62.5. The van der Waals surface area contributed by atoms with Gasteiger partial charge in [-0.25, -0.2) is 4.98 Å². The van der Waals surface area contributed by atoms with Crippen LogP contribution in [-0.4, -0.2) is 87.1 Å². The quantitative estimate of drug-likeness (QED) is 0.0781. The minimum absolute atomic E-state index is 0. The average Bonchev–Trinajstić information content (AvgIpc) is 1.61. The van der Waals surface area contributed by atoms with E-state index in [9.17, 15) is 0 Å². The van der Waals surface area contributed by atoms with Crippen molar-refractivity contribution in [3.63, 3.8) is 0 Å². The molecule has 0 N–H and O–H groups in total. The van der Waals surface area contributed by atoms with E-state index in [1.807, 2.05) is 288 Å². The summed E-state index contributed by atoms with van der Waals surface area (Å²) in [6, 6.07) is 127. The summed E-state index contributed by atoms with van der Waals surface area (Å²) >= 11 is 0. The molecule has 149 heavy (non-hydrogen) atoms. The van der Waals surface area contributed by atoms with E-state index in [0.717, 1.165) is 196 Å². The number of para-hydroxylation sites is 2. The molecule has 24 rings (SSSR count). The Morgan fingerprint density at radius 3 is 1.01 bits per heavy atom. The van der Waals surface area contributed by atoms with Gasteiger partial charge in [0, 0.05) is 163 Å². The van der Waals surface area contributed by atoms with E-state index in [1.165, 1.54) is 26.3 Å². The van der Waals surface area contributed by atoms with Crippen LogP contribution in [0.1, 0.15) is 29.6 Å². The van der Waals surface area contributed by atoms with E-state index < -0.39 is 32.3 Å². The number of rotatable bonds is 13. The van der Waals surface area contributed by atoms with Gasteiger partial charge in [-0.05, 0) is 166 Å². The van der Waals surface area contributed by atoms with Crippen molar-refractivity contribution in [2.75, 3.05) is 0 Å². The third kappa shape index (κ3) is 27.9. The van der Waals surface area contributed by atoms with Crippen LogP contribution >= 0.6 is 0 Å². The Kier molecular flexibility index (Phi) is 38.9. The first-order valence-electron chi connectivity index (χ1n) is 48.5. The topological polar surface area (TPSA) is 194 Å². The van der Waals surface area contributed by atoms with Crippen LogP contribution in [0.15, 0.2) is 389 Å². The summed E-state index contributed by atoms with van der Waals surface area (Å²) < 4.78 is 24.4. The summed E-state index contributed by atoms with van der Waals surface area (Å²) in [4.78, 5) is 49.0. The Bertz CT molecular complexity index is 8010. The Morgan fingerprint density at radius 1 is 0.255 bits per heavy atom. The standard InChI is InChI=1S/C22H22NOSi.C21H21N2OSi.C20H19N2OSi.C19H17N2OSi.4C11H8N.4Ir/c1-5-15-13-19(23-14-21(15)25(2,3)4)18-11-8-10-17-16-9-6-7-12-20(16)24-22(17)18;1-13-11-18-16-7-6-8-17(21(16)24-20(18)14(2)23-13)19-10-9-15(12-22-19)25(3,4)5;1-13-8-10-16-15-6-5-7-17(19(15)23-20(16)22-13)18-11-9-14(12-21-18)24(2,3)4;1-23(2,3)13-8-9-17(21-10-13)16-12-20-11-15-14-6-4-5-7-18(14)22-19(15)16;4*1-2-6-10(7-3-1)11-8-4-5-9-12-11;;;;/h6-10,12-14H,5H2,1-4H3;6-7,9-12H,1-5H3;5-6,8-12H,1-4H3;4-11H,1-3H3;4*1-6,8-9H;;;;/q8*-1;;;;. The molecule has 0 spiro atoms. The fraction of sp³-hybridized carbons (Fsp3) is 0.135. The van der Waals surface area contributed by atoms with E-state index in [0.29, 0.717) is 5.71 Å². The summed E-state index contributed by atoms with van der Waals surface area (Å²) in [7, 11) is -5.45. The molecule has 9 aromatic carbocycles. The maximum absolute atomic E-state index is 6.20. The van der Waals surface area contributed by atoms with Crippen molar-refractivity contribution in [1.82, 2.24) is 54.8 Å². The van der Waals surface area contributed by atoms with Crippen LogP contribution in [0.5, 0.6) is 0 Å². The first-order chi connectivity index (χ1) is 70.2. The zero-order valence-corrected chi connectivity index (χ0v) is 99.4. The van der Waals surface area contributed by atoms with Crippen molar-refractivity contribution in [3.8, 4) is 90.1 Å². The van der Waals surface area contributed by atoms with E-state index in [-0.39, 0.29) is 80.4 Å². The molecule has 0 amide bonds. The zero-order valence-electron chi connectivity index (χ0n) is 85.8. The molecule has 0 saturated heterocycles. The Hall–Kier alpha value is -13.7. The number of furan rings is 4. The van der Waals surface area contributed by atoms with Crippen LogP contribution in [-0.2, 0) is 86.8 Å². The predicted octanol–water partition coefficient (Wildman–Crippen LogP) is 29.8. The summed E-state index contributed by atoms with van der Waals surface area (Å²) in [6.07, 6.45) is 21.1. The van der Waals surface area contributed by atoms with E-state index >= 15 is 0 Å².